The van der Waals surface area contributed by atoms with E-state index in [2.05, 4.69) is 9.97 Å². The number of hydrogen-bond donors (Lipinski definition) is 0. The number of rotatable bonds is 6. The molecule has 0 unspecified atom stereocenters. The summed E-state index contributed by atoms with van der Waals surface area (Å²) in [6.07, 6.45) is 3.31. The number of ether oxygens (including phenoxy) is 1. The van der Waals surface area contributed by atoms with Crippen LogP contribution in [0.4, 0.5) is 4.39 Å². The van der Waals surface area contributed by atoms with Gasteiger partial charge in [-0.15, -0.1) is 12.4 Å². The molecule has 0 fully saturated rings. The summed E-state index contributed by atoms with van der Waals surface area (Å²) in [6, 6.07) is 24.8. The zero-order valence-corrected chi connectivity index (χ0v) is 21.1. The van der Waals surface area contributed by atoms with Crippen molar-refractivity contribution in [1.82, 2.24) is 19.1 Å². The number of methoxy groups -OCH3 is 1. The molecular weight excluding hydrogens is 507 g/mol. The third kappa shape index (κ3) is 4.57. The van der Waals surface area contributed by atoms with Crippen LogP contribution in [0.3, 0.4) is 0 Å². The lowest BCUT2D eigenvalue weighted by atomic mass is 10.2. The average Bonchev–Trinajstić information content (AvgIpc) is 3.56. The number of benzene rings is 3. The number of imidazole rings is 1. The number of aromatic nitrogens is 4. The summed E-state index contributed by atoms with van der Waals surface area (Å²) in [6.45, 7) is 0.463. The second kappa shape index (κ2) is 10.4. The van der Waals surface area contributed by atoms with E-state index in [1.54, 1.807) is 37.8 Å². The van der Waals surface area contributed by atoms with Crippen molar-refractivity contribution in [3.8, 4) is 34.3 Å². The first-order chi connectivity index (χ1) is 18.1. The third-order valence-corrected chi connectivity index (χ3v) is 6.15. The van der Waals surface area contributed by atoms with Crippen LogP contribution in [-0.2, 0) is 6.54 Å². The highest BCUT2D eigenvalue weighted by atomic mass is 35.5. The van der Waals surface area contributed by atoms with Gasteiger partial charge < -0.3 is 13.7 Å². The fourth-order valence-corrected chi connectivity index (χ4v) is 4.26. The Hall–Kier alpha value is -4.69. The molecule has 0 spiro atoms. The summed E-state index contributed by atoms with van der Waals surface area (Å²) in [5, 5.41) is 0. The molecule has 0 atom stereocenters. The fourth-order valence-electron chi connectivity index (χ4n) is 4.26. The maximum absolute atomic E-state index is 13.8. The lowest BCUT2D eigenvalue weighted by molar-refractivity contribution is 0.414. The van der Waals surface area contributed by atoms with Gasteiger partial charge in [0.15, 0.2) is 11.6 Å². The standard InChI is InChI=1S/C29H21FN4O3.ClH/c1-36-23-13-7-19(8-14-23)17-33-18-31-24-15-16-34(29(35)25(24)33)27-26(20-5-3-2-4-6-20)37-28(32-27)21-9-11-22(30)12-10-21;/h2-16,18H,17H2,1H3;1H. The molecule has 0 aliphatic rings. The number of pyridine rings is 1. The van der Waals surface area contributed by atoms with Crippen LogP contribution in [0.1, 0.15) is 5.56 Å². The monoisotopic (exact) mass is 528 g/mol. The first kappa shape index (κ1) is 25.0. The van der Waals surface area contributed by atoms with E-state index in [1.807, 2.05) is 59.2 Å². The van der Waals surface area contributed by atoms with Gasteiger partial charge >= 0.3 is 0 Å². The molecule has 0 N–H and O–H groups in total. The largest absolute Gasteiger partial charge is 0.497 e. The Morgan fingerprint density at radius 2 is 1.66 bits per heavy atom. The molecule has 0 amide bonds. The van der Waals surface area contributed by atoms with Crippen LogP contribution in [-0.4, -0.2) is 26.2 Å². The minimum atomic E-state index is -0.356. The highest BCUT2D eigenvalue weighted by Crippen LogP contribution is 2.32. The highest BCUT2D eigenvalue weighted by molar-refractivity contribution is 5.85. The normalized spacial score (nSPS) is 10.9. The van der Waals surface area contributed by atoms with E-state index in [9.17, 15) is 9.18 Å². The molecule has 0 saturated carbocycles. The molecule has 3 aromatic heterocycles. The SMILES string of the molecule is COc1ccc(Cn2cnc3ccn(-c4nc(-c5ccc(F)cc5)oc4-c4ccccc4)c(=O)c32)cc1.Cl. The van der Waals surface area contributed by atoms with E-state index in [4.69, 9.17) is 9.15 Å². The maximum Gasteiger partial charge on any atom is 0.282 e. The molecule has 38 heavy (non-hydrogen) atoms. The van der Waals surface area contributed by atoms with Crippen LogP contribution >= 0.6 is 12.4 Å². The van der Waals surface area contributed by atoms with Gasteiger partial charge in [-0.05, 0) is 48.0 Å². The quantitative estimate of drug-likeness (QED) is 0.260. The average molecular weight is 529 g/mol. The van der Waals surface area contributed by atoms with Crippen molar-refractivity contribution in [1.29, 1.82) is 0 Å². The van der Waals surface area contributed by atoms with Crippen molar-refractivity contribution in [3.63, 3.8) is 0 Å². The Balaban J connectivity index is 0.00000294. The van der Waals surface area contributed by atoms with Gasteiger partial charge in [-0.1, -0.05) is 42.5 Å². The molecule has 0 bridgehead atoms. The predicted octanol–water partition coefficient (Wildman–Crippen LogP) is 6.13. The molecule has 0 saturated heterocycles. The van der Waals surface area contributed by atoms with Crippen LogP contribution in [0.15, 0.2) is 107 Å². The van der Waals surface area contributed by atoms with Gasteiger partial charge in [-0.25, -0.2) is 9.37 Å². The van der Waals surface area contributed by atoms with Gasteiger partial charge in [-0.3, -0.25) is 9.36 Å². The molecular formula is C29H22ClFN4O3. The lowest BCUT2D eigenvalue weighted by Crippen LogP contribution is -2.21. The molecule has 0 aliphatic carbocycles. The molecule has 3 heterocycles. The smallest absolute Gasteiger partial charge is 0.282 e. The van der Waals surface area contributed by atoms with Gasteiger partial charge in [0.25, 0.3) is 5.56 Å². The predicted molar refractivity (Wildman–Crippen MR) is 146 cm³/mol. The van der Waals surface area contributed by atoms with Gasteiger partial charge in [0.05, 0.1) is 19.0 Å². The van der Waals surface area contributed by atoms with Gasteiger partial charge in [-0.2, -0.15) is 4.98 Å². The van der Waals surface area contributed by atoms with Crippen LogP contribution in [0.2, 0.25) is 0 Å². The van der Waals surface area contributed by atoms with Crippen LogP contribution in [0.5, 0.6) is 5.75 Å². The van der Waals surface area contributed by atoms with E-state index in [1.165, 1.54) is 16.7 Å². The molecule has 6 rings (SSSR count). The van der Waals surface area contributed by atoms with Crippen molar-refractivity contribution in [2.75, 3.05) is 7.11 Å². The molecule has 7 nitrogen and oxygen atoms in total. The van der Waals surface area contributed by atoms with Gasteiger partial charge in [0.2, 0.25) is 5.89 Å². The van der Waals surface area contributed by atoms with E-state index in [-0.39, 0.29) is 29.7 Å². The van der Waals surface area contributed by atoms with Crippen molar-refractivity contribution in [2.24, 2.45) is 0 Å². The van der Waals surface area contributed by atoms with Gasteiger partial charge in [0, 0.05) is 23.9 Å². The topological polar surface area (TPSA) is 75.1 Å². The Morgan fingerprint density at radius 3 is 2.37 bits per heavy atom. The van der Waals surface area contributed by atoms with Crippen LogP contribution in [0, 0.1) is 5.82 Å². The van der Waals surface area contributed by atoms with E-state index in [0.29, 0.717) is 34.7 Å². The summed E-state index contributed by atoms with van der Waals surface area (Å²) in [7, 11) is 1.62. The lowest BCUT2D eigenvalue weighted by Gasteiger charge is -2.08. The summed E-state index contributed by atoms with van der Waals surface area (Å²) in [4.78, 5) is 22.9. The van der Waals surface area contributed by atoms with Crippen LogP contribution in [0.25, 0.3) is 39.6 Å². The molecule has 0 radical (unpaired) electrons. The third-order valence-electron chi connectivity index (χ3n) is 6.15. The number of nitrogens with zero attached hydrogens (tertiary/aromatic N) is 4. The van der Waals surface area contributed by atoms with Gasteiger partial charge in [0.1, 0.15) is 17.1 Å². The Morgan fingerprint density at radius 1 is 0.921 bits per heavy atom. The van der Waals surface area contributed by atoms with Crippen molar-refractivity contribution >= 4 is 23.4 Å². The Labute approximate surface area is 223 Å². The summed E-state index contributed by atoms with van der Waals surface area (Å²) >= 11 is 0. The summed E-state index contributed by atoms with van der Waals surface area (Å²) < 4.78 is 28.2. The fraction of sp³-hybridized carbons (Fsp3) is 0.0690. The second-order valence-corrected chi connectivity index (χ2v) is 8.49. The Kier molecular flexibility index (Phi) is 6.81. The van der Waals surface area contributed by atoms with Crippen molar-refractivity contribution in [3.05, 3.63) is 119 Å². The van der Waals surface area contributed by atoms with Crippen LogP contribution < -0.4 is 10.3 Å². The number of fused-ring (bicyclic) bond motifs is 1. The summed E-state index contributed by atoms with van der Waals surface area (Å²) in [5.74, 6) is 1.47. The zero-order valence-electron chi connectivity index (χ0n) is 20.2. The number of oxazole rings is 1. The first-order valence-electron chi connectivity index (χ1n) is 11.6. The minimum Gasteiger partial charge on any atom is -0.497 e. The molecule has 190 valence electrons. The zero-order chi connectivity index (χ0) is 25.4. The molecule has 3 aromatic carbocycles. The van der Waals surface area contributed by atoms with Crippen molar-refractivity contribution in [2.45, 2.75) is 6.54 Å². The highest BCUT2D eigenvalue weighted by Gasteiger charge is 2.21. The summed E-state index contributed by atoms with van der Waals surface area (Å²) in [5.41, 5.74) is 3.11. The number of hydrogen-bond acceptors (Lipinski definition) is 5. The second-order valence-electron chi connectivity index (χ2n) is 8.49. The van der Waals surface area contributed by atoms with E-state index >= 15 is 0 Å². The van der Waals surface area contributed by atoms with E-state index < -0.39 is 0 Å². The van der Waals surface area contributed by atoms with E-state index in [0.717, 1.165) is 16.9 Å². The first-order valence-corrected chi connectivity index (χ1v) is 11.6. The molecule has 6 aromatic rings. The Bertz CT molecular complexity index is 1760. The van der Waals surface area contributed by atoms with Crippen molar-refractivity contribution < 1.29 is 13.5 Å². The minimum absolute atomic E-state index is 0. The number of halogens is 2. The molecule has 0 aliphatic heterocycles. The maximum atomic E-state index is 13.8. The molecule has 9 heteroatoms.